The van der Waals surface area contributed by atoms with Crippen LogP contribution in [-0.4, -0.2) is 19.6 Å². The number of nitrogens with zero attached hydrogens (tertiary/aromatic N) is 1. The van der Waals surface area contributed by atoms with Gasteiger partial charge in [-0.25, -0.2) is 0 Å². The Morgan fingerprint density at radius 2 is 1.76 bits per heavy atom. The maximum atomic E-state index is 3.62. The van der Waals surface area contributed by atoms with Gasteiger partial charge in [0.05, 0.1) is 0 Å². The molecule has 2 aromatic carbocycles. The predicted octanol–water partition coefficient (Wildman–Crippen LogP) is 4.17. The number of para-hydroxylation sites is 2. The van der Waals surface area contributed by atoms with Gasteiger partial charge in [-0.2, -0.15) is 0 Å². The monoisotopic (exact) mass is 280 g/mol. The van der Waals surface area contributed by atoms with E-state index in [2.05, 4.69) is 66.5 Å². The molecular formula is C19H24N2. The Morgan fingerprint density at radius 3 is 2.57 bits per heavy atom. The maximum absolute atomic E-state index is 3.62. The van der Waals surface area contributed by atoms with Crippen molar-refractivity contribution < 1.29 is 0 Å². The van der Waals surface area contributed by atoms with Gasteiger partial charge in [-0.3, -0.25) is 0 Å². The fourth-order valence-corrected chi connectivity index (χ4v) is 3.25. The molecule has 0 aliphatic carbocycles. The molecule has 1 aliphatic heterocycles. The van der Waals surface area contributed by atoms with Gasteiger partial charge in [-0.15, -0.1) is 0 Å². The number of fused-ring (bicyclic) bond motifs is 1. The first-order valence-electron chi connectivity index (χ1n) is 7.88. The van der Waals surface area contributed by atoms with Gasteiger partial charge in [0.25, 0.3) is 0 Å². The summed E-state index contributed by atoms with van der Waals surface area (Å²) < 4.78 is 0. The third kappa shape index (κ3) is 3.05. The van der Waals surface area contributed by atoms with Crippen molar-refractivity contribution in [1.82, 2.24) is 0 Å². The van der Waals surface area contributed by atoms with Crippen LogP contribution in [0.15, 0.2) is 42.5 Å². The topological polar surface area (TPSA) is 15.3 Å². The second-order valence-electron chi connectivity index (χ2n) is 5.91. The van der Waals surface area contributed by atoms with Crippen molar-refractivity contribution in [3.05, 3.63) is 59.2 Å². The summed E-state index contributed by atoms with van der Waals surface area (Å²) in [5.74, 6) is 0. The largest absolute Gasteiger partial charge is 0.383 e. The van der Waals surface area contributed by atoms with Crippen LogP contribution in [0.4, 0.5) is 11.4 Å². The number of rotatable bonds is 4. The fourth-order valence-electron chi connectivity index (χ4n) is 3.25. The van der Waals surface area contributed by atoms with Crippen LogP contribution in [0.5, 0.6) is 0 Å². The summed E-state index contributed by atoms with van der Waals surface area (Å²) >= 11 is 0. The predicted molar refractivity (Wildman–Crippen MR) is 91.4 cm³/mol. The molecule has 110 valence electrons. The number of hydrogen-bond donors (Lipinski definition) is 1. The Balaban J connectivity index is 1.64. The molecule has 0 amide bonds. The van der Waals surface area contributed by atoms with Crippen LogP contribution >= 0.6 is 0 Å². The molecule has 0 atom stereocenters. The van der Waals surface area contributed by atoms with Crippen LogP contribution in [0.2, 0.25) is 0 Å². The molecule has 0 saturated heterocycles. The lowest BCUT2D eigenvalue weighted by Gasteiger charge is -2.31. The number of anilines is 2. The van der Waals surface area contributed by atoms with Gasteiger partial charge in [0.1, 0.15) is 0 Å². The molecular weight excluding hydrogens is 256 g/mol. The highest BCUT2D eigenvalue weighted by atomic mass is 15.1. The van der Waals surface area contributed by atoms with E-state index in [1.165, 1.54) is 47.5 Å². The Morgan fingerprint density at radius 1 is 1.00 bits per heavy atom. The highest BCUT2D eigenvalue weighted by Crippen LogP contribution is 2.26. The number of benzene rings is 2. The fraction of sp³-hybridized carbons (Fsp3) is 0.368. The van der Waals surface area contributed by atoms with Crippen LogP contribution in [0.3, 0.4) is 0 Å². The van der Waals surface area contributed by atoms with Crippen LogP contribution < -0.4 is 10.2 Å². The number of hydrogen-bond acceptors (Lipinski definition) is 2. The molecule has 0 aromatic heterocycles. The molecule has 2 aromatic rings. The molecule has 1 heterocycles. The quantitative estimate of drug-likeness (QED) is 0.904. The minimum absolute atomic E-state index is 0.986. The molecule has 3 rings (SSSR count). The minimum Gasteiger partial charge on any atom is -0.383 e. The van der Waals surface area contributed by atoms with E-state index < -0.39 is 0 Å². The summed E-state index contributed by atoms with van der Waals surface area (Å²) in [6, 6.07) is 15.3. The highest BCUT2D eigenvalue weighted by Gasteiger charge is 2.15. The van der Waals surface area contributed by atoms with Gasteiger partial charge < -0.3 is 10.2 Å². The van der Waals surface area contributed by atoms with Gasteiger partial charge in [-0.05, 0) is 49.4 Å². The van der Waals surface area contributed by atoms with E-state index in [9.17, 15) is 0 Å². The summed E-state index contributed by atoms with van der Waals surface area (Å²) in [6.45, 7) is 7.56. The lowest BCUT2D eigenvalue weighted by atomic mass is 10.0. The Bertz CT molecular complexity index is 598. The Hall–Kier alpha value is -1.96. The van der Waals surface area contributed by atoms with Crippen molar-refractivity contribution in [2.45, 2.75) is 26.7 Å². The minimum atomic E-state index is 0.986. The maximum Gasteiger partial charge on any atom is 0.0400 e. The zero-order valence-electron chi connectivity index (χ0n) is 13.0. The summed E-state index contributed by atoms with van der Waals surface area (Å²) in [6.07, 6.45) is 2.48. The zero-order valence-corrected chi connectivity index (χ0v) is 13.0. The van der Waals surface area contributed by atoms with E-state index in [1.54, 1.807) is 0 Å². The molecule has 1 N–H and O–H groups in total. The first kappa shape index (κ1) is 14.0. The van der Waals surface area contributed by atoms with E-state index in [0.29, 0.717) is 0 Å². The van der Waals surface area contributed by atoms with Crippen LogP contribution in [0.25, 0.3) is 0 Å². The summed E-state index contributed by atoms with van der Waals surface area (Å²) in [5.41, 5.74) is 6.87. The summed E-state index contributed by atoms with van der Waals surface area (Å²) in [4.78, 5) is 2.51. The Kier molecular flexibility index (Phi) is 4.14. The molecule has 0 saturated carbocycles. The second kappa shape index (κ2) is 6.21. The van der Waals surface area contributed by atoms with Crippen LogP contribution in [0, 0.1) is 13.8 Å². The molecule has 0 fully saturated rings. The second-order valence-corrected chi connectivity index (χ2v) is 5.91. The standard InChI is InChI=1S/C19H24N2/c1-15-7-5-8-16(2)19(15)20-12-14-21-13-6-10-17-9-3-4-11-18(17)21/h3-5,7-9,11,20H,6,10,12-14H2,1-2H3. The lowest BCUT2D eigenvalue weighted by Crippen LogP contribution is -2.33. The normalized spacial score (nSPS) is 13.9. The smallest absolute Gasteiger partial charge is 0.0400 e. The number of aryl methyl sites for hydroxylation is 3. The van der Waals surface area contributed by atoms with Crippen molar-refractivity contribution in [3.8, 4) is 0 Å². The molecule has 21 heavy (non-hydrogen) atoms. The molecule has 1 aliphatic rings. The van der Waals surface area contributed by atoms with E-state index in [-0.39, 0.29) is 0 Å². The van der Waals surface area contributed by atoms with Crippen molar-refractivity contribution >= 4 is 11.4 Å². The summed E-state index contributed by atoms with van der Waals surface area (Å²) in [7, 11) is 0. The average Bonchev–Trinajstić information content (AvgIpc) is 2.50. The van der Waals surface area contributed by atoms with Crippen LogP contribution in [0.1, 0.15) is 23.1 Å². The number of nitrogens with one attached hydrogen (secondary N) is 1. The molecule has 0 bridgehead atoms. The first-order chi connectivity index (χ1) is 10.3. The van der Waals surface area contributed by atoms with Gasteiger partial charge >= 0.3 is 0 Å². The van der Waals surface area contributed by atoms with Crippen LogP contribution in [-0.2, 0) is 6.42 Å². The molecule has 2 heteroatoms. The van der Waals surface area contributed by atoms with Gasteiger partial charge in [0.15, 0.2) is 0 Å². The molecule has 0 unspecified atom stereocenters. The van der Waals surface area contributed by atoms with Gasteiger partial charge in [-0.1, -0.05) is 36.4 Å². The summed E-state index contributed by atoms with van der Waals surface area (Å²) in [5, 5.41) is 3.62. The van der Waals surface area contributed by atoms with E-state index in [4.69, 9.17) is 0 Å². The molecule has 2 nitrogen and oxygen atoms in total. The van der Waals surface area contributed by atoms with E-state index in [1.807, 2.05) is 0 Å². The van der Waals surface area contributed by atoms with E-state index >= 15 is 0 Å². The van der Waals surface area contributed by atoms with Gasteiger partial charge in [0.2, 0.25) is 0 Å². The highest BCUT2D eigenvalue weighted by molar-refractivity contribution is 5.58. The lowest BCUT2D eigenvalue weighted by molar-refractivity contribution is 0.698. The average molecular weight is 280 g/mol. The Labute approximate surface area is 127 Å². The first-order valence-corrected chi connectivity index (χ1v) is 7.88. The third-order valence-electron chi connectivity index (χ3n) is 4.37. The van der Waals surface area contributed by atoms with Crippen molar-refractivity contribution in [3.63, 3.8) is 0 Å². The van der Waals surface area contributed by atoms with Crippen molar-refractivity contribution in [1.29, 1.82) is 0 Å². The molecule has 0 spiro atoms. The van der Waals surface area contributed by atoms with Crippen molar-refractivity contribution in [2.24, 2.45) is 0 Å². The van der Waals surface area contributed by atoms with Crippen molar-refractivity contribution in [2.75, 3.05) is 29.9 Å². The molecule has 0 radical (unpaired) electrons. The SMILES string of the molecule is Cc1cccc(C)c1NCCN1CCCc2ccccc21. The third-order valence-corrected chi connectivity index (χ3v) is 4.37. The van der Waals surface area contributed by atoms with E-state index in [0.717, 1.165) is 13.1 Å². The van der Waals surface area contributed by atoms with Gasteiger partial charge in [0, 0.05) is 31.0 Å². The zero-order chi connectivity index (χ0) is 14.7.